The van der Waals surface area contributed by atoms with Crippen molar-refractivity contribution in [1.82, 2.24) is 15.3 Å². The van der Waals surface area contributed by atoms with Crippen molar-refractivity contribution in [3.05, 3.63) is 29.3 Å². The van der Waals surface area contributed by atoms with E-state index in [4.69, 9.17) is 4.98 Å². The molecule has 0 radical (unpaired) electrons. The van der Waals surface area contributed by atoms with E-state index in [0.29, 0.717) is 12.0 Å². The summed E-state index contributed by atoms with van der Waals surface area (Å²) in [6.07, 6.45) is 7.64. The second-order valence-corrected chi connectivity index (χ2v) is 12.1. The van der Waals surface area contributed by atoms with E-state index in [1.54, 1.807) is 17.6 Å². The third kappa shape index (κ3) is 5.94. The maximum absolute atomic E-state index is 12.1. The summed E-state index contributed by atoms with van der Waals surface area (Å²) in [5.74, 6) is 0.681. The predicted molar refractivity (Wildman–Crippen MR) is 125 cm³/mol. The van der Waals surface area contributed by atoms with Crippen LogP contribution in [-0.2, 0) is 11.2 Å². The summed E-state index contributed by atoms with van der Waals surface area (Å²) in [7, 11) is 0. The summed E-state index contributed by atoms with van der Waals surface area (Å²) in [5.41, 5.74) is 1.07. The van der Waals surface area contributed by atoms with Gasteiger partial charge in [-0.05, 0) is 76.3 Å². The monoisotopic (exact) mass is 434 g/mol. The predicted octanol–water partition coefficient (Wildman–Crippen LogP) is 5.15. The topological polar surface area (TPSA) is 72.9 Å². The van der Waals surface area contributed by atoms with Gasteiger partial charge in [-0.1, -0.05) is 13.3 Å². The molecular weight excluding hydrogens is 400 g/mol. The van der Waals surface area contributed by atoms with Crippen LogP contribution in [0.3, 0.4) is 0 Å². The molecule has 2 N–H and O–H groups in total. The van der Waals surface area contributed by atoms with Gasteiger partial charge in [-0.2, -0.15) is 0 Å². The fraction of sp³-hybridized carbons (Fsp3) is 0.636. The first-order valence-electron chi connectivity index (χ1n) is 10.4. The highest BCUT2D eigenvalue weighted by Crippen LogP contribution is 2.36. The maximum atomic E-state index is 12.1. The van der Waals surface area contributed by atoms with Crippen molar-refractivity contribution in [2.75, 3.05) is 11.6 Å². The van der Waals surface area contributed by atoms with Gasteiger partial charge >= 0.3 is 0 Å². The molecule has 1 fully saturated rings. The highest BCUT2D eigenvalue weighted by atomic mass is 32.2. The first kappa shape index (κ1) is 22.5. The summed E-state index contributed by atoms with van der Waals surface area (Å²) in [4.78, 5) is 11.5. The Labute approximate surface area is 182 Å². The van der Waals surface area contributed by atoms with Crippen LogP contribution < -0.4 is 10.6 Å². The Bertz CT molecular complexity index is 803. The van der Waals surface area contributed by atoms with E-state index in [1.807, 2.05) is 12.3 Å². The van der Waals surface area contributed by atoms with E-state index < -0.39 is 11.2 Å². The third-order valence-electron chi connectivity index (χ3n) is 5.33. The standard InChI is InChI=1S/C22H34N4OS2/c1-7-8-19(29(6)27)18-10-9-17(28-18)16-11-12-23-20(25-16)24-15-13-21(2,3)26-22(4,5)14-15/h9-12,15,19,26H,7-8,13-14H2,1-6H3,(H,23,24,25). The Morgan fingerprint density at radius 2 is 1.93 bits per heavy atom. The van der Waals surface area contributed by atoms with E-state index in [0.717, 1.165) is 36.3 Å². The molecule has 5 nitrogen and oxygen atoms in total. The smallest absolute Gasteiger partial charge is 0.223 e. The number of nitrogens with one attached hydrogen (secondary N) is 2. The minimum absolute atomic E-state index is 0.0732. The Morgan fingerprint density at radius 1 is 1.24 bits per heavy atom. The average Bonchev–Trinajstić information content (AvgIpc) is 3.06. The zero-order valence-corrected chi connectivity index (χ0v) is 20.0. The van der Waals surface area contributed by atoms with Gasteiger partial charge in [0.15, 0.2) is 0 Å². The average molecular weight is 435 g/mol. The van der Waals surface area contributed by atoms with E-state index in [2.05, 4.69) is 62.4 Å². The number of piperidine rings is 1. The van der Waals surface area contributed by atoms with Crippen LogP contribution in [0.25, 0.3) is 10.6 Å². The fourth-order valence-electron chi connectivity index (χ4n) is 4.57. The Morgan fingerprint density at radius 3 is 2.55 bits per heavy atom. The SMILES string of the molecule is CCCC(c1ccc(-c2ccnc(NC3CC(C)(C)NC(C)(C)C3)n2)s1)[S+](C)[O-]. The van der Waals surface area contributed by atoms with Crippen molar-refractivity contribution in [2.24, 2.45) is 0 Å². The zero-order chi connectivity index (χ0) is 21.2. The van der Waals surface area contributed by atoms with Crippen molar-refractivity contribution in [3.63, 3.8) is 0 Å². The van der Waals surface area contributed by atoms with Crippen LogP contribution in [0.15, 0.2) is 24.4 Å². The Hall–Kier alpha value is -1.15. The lowest BCUT2D eigenvalue weighted by Gasteiger charge is -2.46. The number of aromatic nitrogens is 2. The van der Waals surface area contributed by atoms with Gasteiger partial charge < -0.3 is 15.2 Å². The van der Waals surface area contributed by atoms with Gasteiger partial charge in [0.1, 0.15) is 5.25 Å². The highest BCUT2D eigenvalue weighted by Gasteiger charge is 2.37. The molecule has 29 heavy (non-hydrogen) atoms. The van der Waals surface area contributed by atoms with Gasteiger partial charge in [-0.25, -0.2) is 9.97 Å². The molecule has 2 aromatic rings. The van der Waals surface area contributed by atoms with E-state index in [9.17, 15) is 4.55 Å². The molecule has 1 saturated heterocycles. The highest BCUT2D eigenvalue weighted by molar-refractivity contribution is 7.91. The van der Waals surface area contributed by atoms with Crippen molar-refractivity contribution < 1.29 is 4.55 Å². The largest absolute Gasteiger partial charge is 0.616 e. The van der Waals surface area contributed by atoms with E-state index >= 15 is 0 Å². The lowest BCUT2D eigenvalue weighted by atomic mass is 9.80. The van der Waals surface area contributed by atoms with Gasteiger partial charge in [0, 0.05) is 23.3 Å². The molecule has 2 aromatic heterocycles. The number of thiophene rings is 1. The number of hydrogen-bond donors (Lipinski definition) is 2. The lowest BCUT2D eigenvalue weighted by Crippen LogP contribution is -2.60. The van der Waals surface area contributed by atoms with Crippen LogP contribution in [-0.4, -0.2) is 37.9 Å². The van der Waals surface area contributed by atoms with E-state index in [-0.39, 0.29) is 16.3 Å². The normalized spacial score (nSPS) is 20.9. The second kappa shape index (κ2) is 8.92. The van der Waals surface area contributed by atoms with Crippen LogP contribution in [0, 0.1) is 0 Å². The van der Waals surface area contributed by atoms with Gasteiger partial charge in [-0.3, -0.25) is 0 Å². The summed E-state index contributed by atoms with van der Waals surface area (Å²) in [5, 5.41) is 7.39. The van der Waals surface area contributed by atoms with Gasteiger partial charge in [0.25, 0.3) is 0 Å². The molecule has 0 spiro atoms. The first-order chi connectivity index (χ1) is 13.6. The molecule has 2 atom stereocenters. The molecule has 0 aliphatic carbocycles. The summed E-state index contributed by atoms with van der Waals surface area (Å²) >= 11 is 0.833. The molecule has 0 aromatic carbocycles. The molecule has 0 amide bonds. The molecule has 3 heterocycles. The molecule has 1 aliphatic heterocycles. The molecule has 3 rings (SSSR count). The van der Waals surface area contributed by atoms with Gasteiger partial charge in [0.05, 0.1) is 21.7 Å². The van der Waals surface area contributed by atoms with Crippen molar-refractivity contribution in [3.8, 4) is 10.6 Å². The minimum atomic E-state index is -0.862. The molecule has 0 saturated carbocycles. The Balaban J connectivity index is 1.77. The molecule has 1 aliphatic rings. The lowest BCUT2D eigenvalue weighted by molar-refractivity contribution is 0.170. The Kier molecular flexibility index (Phi) is 6.93. The number of rotatable bonds is 7. The zero-order valence-electron chi connectivity index (χ0n) is 18.4. The second-order valence-electron chi connectivity index (χ2n) is 9.39. The van der Waals surface area contributed by atoms with Crippen LogP contribution >= 0.6 is 11.3 Å². The minimum Gasteiger partial charge on any atom is -0.616 e. The van der Waals surface area contributed by atoms with Crippen LogP contribution in [0.4, 0.5) is 5.95 Å². The third-order valence-corrected chi connectivity index (χ3v) is 7.99. The van der Waals surface area contributed by atoms with Gasteiger partial charge in [0.2, 0.25) is 5.95 Å². The number of nitrogens with zero attached hydrogens (tertiary/aromatic N) is 2. The maximum Gasteiger partial charge on any atom is 0.223 e. The van der Waals surface area contributed by atoms with Crippen LogP contribution in [0.5, 0.6) is 0 Å². The fourth-order valence-corrected chi connectivity index (χ4v) is 7.09. The molecular formula is C22H34N4OS2. The molecule has 160 valence electrons. The van der Waals surface area contributed by atoms with Crippen LogP contribution in [0.1, 0.15) is 70.4 Å². The number of hydrogen-bond acceptors (Lipinski definition) is 6. The summed E-state index contributed by atoms with van der Waals surface area (Å²) in [6.45, 7) is 11.1. The molecule has 0 bridgehead atoms. The van der Waals surface area contributed by atoms with Gasteiger partial charge in [-0.15, -0.1) is 11.3 Å². The first-order valence-corrected chi connectivity index (χ1v) is 12.8. The van der Waals surface area contributed by atoms with Crippen LogP contribution in [0.2, 0.25) is 0 Å². The van der Waals surface area contributed by atoms with E-state index in [1.165, 1.54) is 4.88 Å². The summed E-state index contributed by atoms with van der Waals surface area (Å²) in [6, 6.07) is 6.48. The van der Waals surface area contributed by atoms with Crippen molar-refractivity contribution in [2.45, 2.75) is 82.7 Å². The van der Waals surface area contributed by atoms with Crippen molar-refractivity contribution in [1.29, 1.82) is 0 Å². The summed E-state index contributed by atoms with van der Waals surface area (Å²) < 4.78 is 12.1. The molecule has 7 heteroatoms. The quantitative estimate of drug-likeness (QED) is 0.590. The van der Waals surface area contributed by atoms with Crippen molar-refractivity contribution >= 4 is 28.5 Å². The number of anilines is 1. The molecule has 2 unspecified atom stereocenters.